The zero-order valence-corrected chi connectivity index (χ0v) is 12.8. The van der Waals surface area contributed by atoms with E-state index in [2.05, 4.69) is 15.5 Å². The zero-order valence-electron chi connectivity index (χ0n) is 12.8. The lowest BCUT2D eigenvalue weighted by Crippen LogP contribution is -2.13. The SMILES string of the molecule is Cc1ccccc1C(=O)Nc1nnc(-c2cc3ccccc3o2)o1. The molecule has 0 aliphatic heterocycles. The number of anilines is 1. The Morgan fingerprint density at radius 2 is 1.79 bits per heavy atom. The predicted octanol–water partition coefficient (Wildman–Crippen LogP) is 4.04. The van der Waals surface area contributed by atoms with Crippen LogP contribution in [0.4, 0.5) is 6.01 Å². The molecule has 0 aliphatic rings. The lowest BCUT2D eigenvalue weighted by Gasteiger charge is -2.03. The van der Waals surface area contributed by atoms with Gasteiger partial charge in [-0.05, 0) is 30.7 Å². The highest BCUT2D eigenvalue weighted by Crippen LogP contribution is 2.27. The number of rotatable bonds is 3. The number of hydrogen-bond acceptors (Lipinski definition) is 5. The molecule has 0 unspecified atom stereocenters. The fraction of sp³-hybridized carbons (Fsp3) is 0.0556. The molecule has 0 atom stereocenters. The summed E-state index contributed by atoms with van der Waals surface area (Å²) in [6.07, 6.45) is 0. The number of amides is 1. The van der Waals surface area contributed by atoms with Crippen LogP contribution in [-0.4, -0.2) is 16.1 Å². The number of carbonyl (C=O) groups is 1. The van der Waals surface area contributed by atoms with E-state index in [1.165, 1.54) is 0 Å². The standard InChI is InChI=1S/C18H13N3O3/c1-11-6-2-4-8-13(11)16(22)19-18-21-20-17(24-18)15-10-12-7-3-5-9-14(12)23-15/h2-10H,1H3,(H,19,21,22). The van der Waals surface area contributed by atoms with Gasteiger partial charge in [-0.15, -0.1) is 5.10 Å². The van der Waals surface area contributed by atoms with Crippen LogP contribution < -0.4 is 5.32 Å². The molecule has 2 heterocycles. The second-order valence-corrected chi connectivity index (χ2v) is 5.33. The van der Waals surface area contributed by atoms with Gasteiger partial charge in [-0.2, -0.15) is 0 Å². The molecule has 0 fully saturated rings. The largest absolute Gasteiger partial charge is 0.451 e. The second-order valence-electron chi connectivity index (χ2n) is 5.33. The highest BCUT2D eigenvalue weighted by Gasteiger charge is 2.16. The Bertz CT molecular complexity index is 1000. The monoisotopic (exact) mass is 319 g/mol. The molecule has 0 radical (unpaired) electrons. The first-order valence-corrected chi connectivity index (χ1v) is 7.40. The van der Waals surface area contributed by atoms with Crippen LogP contribution in [0.5, 0.6) is 0 Å². The van der Waals surface area contributed by atoms with Crippen LogP contribution in [0.1, 0.15) is 15.9 Å². The first kappa shape index (κ1) is 14.2. The third-order valence-electron chi connectivity index (χ3n) is 3.67. The van der Waals surface area contributed by atoms with E-state index in [0.717, 1.165) is 16.5 Å². The molecule has 0 spiro atoms. The number of furan rings is 1. The van der Waals surface area contributed by atoms with Crippen molar-refractivity contribution in [3.05, 3.63) is 65.7 Å². The van der Waals surface area contributed by atoms with E-state index in [9.17, 15) is 4.79 Å². The van der Waals surface area contributed by atoms with Crippen molar-refractivity contribution in [1.29, 1.82) is 0 Å². The average molecular weight is 319 g/mol. The molecule has 24 heavy (non-hydrogen) atoms. The minimum atomic E-state index is -0.298. The topological polar surface area (TPSA) is 81.2 Å². The molecule has 2 aromatic heterocycles. The van der Waals surface area contributed by atoms with Crippen molar-refractivity contribution in [2.45, 2.75) is 6.92 Å². The molecule has 0 saturated carbocycles. The molecule has 0 aliphatic carbocycles. The maximum atomic E-state index is 12.3. The predicted molar refractivity (Wildman–Crippen MR) is 88.6 cm³/mol. The summed E-state index contributed by atoms with van der Waals surface area (Å²) in [7, 11) is 0. The molecule has 4 aromatic rings. The highest BCUT2D eigenvalue weighted by molar-refractivity contribution is 6.04. The molecule has 6 nitrogen and oxygen atoms in total. The van der Waals surface area contributed by atoms with Gasteiger partial charge in [0, 0.05) is 10.9 Å². The summed E-state index contributed by atoms with van der Waals surface area (Å²) < 4.78 is 11.2. The van der Waals surface area contributed by atoms with Crippen LogP contribution in [0, 0.1) is 6.92 Å². The molecule has 1 amide bonds. The van der Waals surface area contributed by atoms with Crippen molar-refractivity contribution in [2.24, 2.45) is 0 Å². The van der Waals surface area contributed by atoms with Crippen LogP contribution in [0.3, 0.4) is 0 Å². The van der Waals surface area contributed by atoms with Gasteiger partial charge in [-0.3, -0.25) is 10.1 Å². The smallest absolute Gasteiger partial charge is 0.322 e. The number of nitrogens with zero attached hydrogens (tertiary/aromatic N) is 2. The lowest BCUT2D eigenvalue weighted by atomic mass is 10.1. The molecule has 118 valence electrons. The van der Waals surface area contributed by atoms with Gasteiger partial charge in [0.1, 0.15) is 5.58 Å². The van der Waals surface area contributed by atoms with Gasteiger partial charge in [-0.25, -0.2) is 0 Å². The number of benzene rings is 2. The summed E-state index contributed by atoms with van der Waals surface area (Å²) in [4.78, 5) is 12.3. The molecule has 2 aromatic carbocycles. The summed E-state index contributed by atoms with van der Waals surface area (Å²) in [6.45, 7) is 1.86. The maximum absolute atomic E-state index is 12.3. The molecule has 6 heteroatoms. The lowest BCUT2D eigenvalue weighted by molar-refractivity contribution is 0.102. The number of aromatic nitrogens is 2. The Labute approximate surface area is 137 Å². The summed E-state index contributed by atoms with van der Waals surface area (Å²) in [6, 6.07) is 16.7. The molecular weight excluding hydrogens is 306 g/mol. The van der Waals surface area contributed by atoms with Crippen molar-refractivity contribution in [2.75, 3.05) is 5.32 Å². The van der Waals surface area contributed by atoms with Crippen LogP contribution in [0.25, 0.3) is 22.6 Å². The minimum absolute atomic E-state index is 0.0266. The highest BCUT2D eigenvalue weighted by atomic mass is 16.4. The normalized spacial score (nSPS) is 10.9. The van der Waals surface area contributed by atoms with Gasteiger partial charge in [0.15, 0.2) is 5.76 Å². The van der Waals surface area contributed by atoms with Crippen LogP contribution >= 0.6 is 0 Å². The molecule has 0 bridgehead atoms. The van der Waals surface area contributed by atoms with Gasteiger partial charge in [0.05, 0.1) is 0 Å². The zero-order chi connectivity index (χ0) is 16.5. The van der Waals surface area contributed by atoms with E-state index >= 15 is 0 Å². The Kier molecular flexibility index (Phi) is 3.35. The fourth-order valence-electron chi connectivity index (χ4n) is 2.45. The Morgan fingerprint density at radius 1 is 1.00 bits per heavy atom. The average Bonchev–Trinajstić information content (AvgIpc) is 3.21. The van der Waals surface area contributed by atoms with Gasteiger partial charge in [-0.1, -0.05) is 41.5 Å². The molecule has 1 N–H and O–H groups in total. The number of fused-ring (bicyclic) bond motifs is 1. The third kappa shape index (κ3) is 2.54. The maximum Gasteiger partial charge on any atom is 0.322 e. The van der Waals surface area contributed by atoms with Crippen molar-refractivity contribution in [1.82, 2.24) is 10.2 Å². The fourth-order valence-corrected chi connectivity index (χ4v) is 2.45. The first-order valence-electron chi connectivity index (χ1n) is 7.40. The van der Waals surface area contributed by atoms with Crippen molar-refractivity contribution in [3.63, 3.8) is 0 Å². The van der Waals surface area contributed by atoms with Crippen LogP contribution in [-0.2, 0) is 0 Å². The van der Waals surface area contributed by atoms with Crippen LogP contribution in [0.2, 0.25) is 0 Å². The van der Waals surface area contributed by atoms with Gasteiger partial charge in [0.2, 0.25) is 0 Å². The minimum Gasteiger partial charge on any atom is -0.451 e. The van der Waals surface area contributed by atoms with Gasteiger partial charge >= 0.3 is 6.01 Å². The van der Waals surface area contributed by atoms with Crippen molar-refractivity contribution in [3.8, 4) is 11.7 Å². The molecule has 4 rings (SSSR count). The van der Waals surface area contributed by atoms with Crippen molar-refractivity contribution >= 4 is 22.9 Å². The Balaban J connectivity index is 1.58. The third-order valence-corrected chi connectivity index (χ3v) is 3.67. The van der Waals surface area contributed by atoms with E-state index in [1.807, 2.05) is 49.4 Å². The summed E-state index contributed by atoms with van der Waals surface area (Å²) >= 11 is 0. The number of carbonyl (C=O) groups excluding carboxylic acids is 1. The van der Waals surface area contributed by atoms with E-state index < -0.39 is 0 Å². The number of nitrogens with one attached hydrogen (secondary N) is 1. The van der Waals surface area contributed by atoms with Gasteiger partial charge in [0.25, 0.3) is 11.8 Å². The summed E-state index contributed by atoms with van der Waals surface area (Å²) in [5, 5.41) is 11.3. The van der Waals surface area contributed by atoms with Crippen LogP contribution in [0.15, 0.2) is 63.4 Å². The summed E-state index contributed by atoms with van der Waals surface area (Å²) in [5.74, 6) is 0.374. The molecular formula is C18H13N3O3. The molecule has 0 saturated heterocycles. The Morgan fingerprint density at radius 3 is 2.62 bits per heavy atom. The second kappa shape index (κ2) is 5.66. The van der Waals surface area contributed by atoms with E-state index in [0.29, 0.717) is 11.3 Å². The number of hydrogen-bond donors (Lipinski definition) is 1. The van der Waals surface area contributed by atoms with Gasteiger partial charge < -0.3 is 8.83 Å². The van der Waals surface area contributed by atoms with Crippen molar-refractivity contribution < 1.29 is 13.6 Å². The van der Waals surface area contributed by atoms with E-state index in [-0.39, 0.29) is 17.8 Å². The first-order chi connectivity index (χ1) is 11.7. The van der Waals surface area contributed by atoms with E-state index in [1.54, 1.807) is 12.1 Å². The number of aryl methyl sites for hydroxylation is 1. The number of para-hydroxylation sites is 1. The van der Waals surface area contributed by atoms with E-state index in [4.69, 9.17) is 8.83 Å². The summed E-state index contributed by atoms with van der Waals surface area (Å²) in [5.41, 5.74) is 2.16. The quantitative estimate of drug-likeness (QED) is 0.616. The Hall–Kier alpha value is -3.41.